The number of carbonyl (C=O) groups excluding carboxylic acids is 1. The normalized spacial score (nSPS) is 11.4. The third kappa shape index (κ3) is 3.16. The molecule has 0 fully saturated rings. The van der Waals surface area contributed by atoms with Crippen LogP contribution >= 0.6 is 0 Å². The molecule has 0 saturated carbocycles. The van der Waals surface area contributed by atoms with E-state index in [0.717, 1.165) is 4.73 Å². The zero-order valence-corrected chi connectivity index (χ0v) is 12.4. The van der Waals surface area contributed by atoms with E-state index in [9.17, 15) is 10.0 Å². The number of carbonyl (C=O) groups is 1. The first-order valence-electron chi connectivity index (χ1n) is 7.04. The van der Waals surface area contributed by atoms with E-state index in [1.807, 2.05) is 12.1 Å². The van der Waals surface area contributed by atoms with Crippen molar-refractivity contribution in [2.45, 2.75) is 6.92 Å². The maximum absolute atomic E-state index is 12.0. The molecule has 0 atom stereocenters. The van der Waals surface area contributed by atoms with Crippen LogP contribution in [-0.4, -0.2) is 16.6 Å². The van der Waals surface area contributed by atoms with E-state index in [2.05, 4.69) is 15.5 Å². The lowest BCUT2D eigenvalue weighted by molar-refractivity contribution is -0.577. The first kappa shape index (κ1) is 14.6. The molecule has 114 valence electrons. The summed E-state index contributed by atoms with van der Waals surface area (Å²) in [6.45, 7) is 1.68. The largest absolute Gasteiger partial charge is 0.618 e. The number of benzene rings is 2. The van der Waals surface area contributed by atoms with Gasteiger partial charge in [-0.3, -0.25) is 4.79 Å². The van der Waals surface area contributed by atoms with Gasteiger partial charge in [-0.2, -0.15) is 9.83 Å². The summed E-state index contributed by atoms with van der Waals surface area (Å²) >= 11 is 0. The van der Waals surface area contributed by atoms with Crippen molar-refractivity contribution in [2.24, 2.45) is 5.10 Å². The molecule has 1 heterocycles. The van der Waals surface area contributed by atoms with Crippen LogP contribution in [0.4, 0.5) is 0 Å². The van der Waals surface area contributed by atoms with E-state index in [1.165, 1.54) is 6.20 Å². The Morgan fingerprint density at radius 3 is 2.61 bits per heavy atom. The van der Waals surface area contributed by atoms with E-state index in [4.69, 9.17) is 0 Å². The van der Waals surface area contributed by atoms with Crippen molar-refractivity contribution in [1.29, 1.82) is 0 Å². The minimum atomic E-state index is -0.319. The van der Waals surface area contributed by atoms with E-state index in [1.54, 1.807) is 49.4 Å². The molecule has 0 spiro atoms. The maximum atomic E-state index is 12.0. The SMILES string of the molecule is C/C(=N\NC(=O)c1ccccc1)c1c[n+]([O-])c2ccccc2n1. The topological polar surface area (TPSA) is 81.3 Å². The van der Waals surface area contributed by atoms with E-state index in [0.29, 0.717) is 28.0 Å². The number of fused-ring (bicyclic) bond motifs is 1. The Morgan fingerprint density at radius 2 is 1.83 bits per heavy atom. The van der Waals surface area contributed by atoms with Crippen molar-refractivity contribution < 1.29 is 9.52 Å². The lowest BCUT2D eigenvalue weighted by Crippen LogP contribution is -2.29. The number of hydrogen-bond acceptors (Lipinski definition) is 4. The van der Waals surface area contributed by atoms with Crippen molar-refractivity contribution in [3.05, 3.63) is 77.3 Å². The zero-order chi connectivity index (χ0) is 16.2. The van der Waals surface area contributed by atoms with Crippen LogP contribution in [-0.2, 0) is 0 Å². The molecule has 23 heavy (non-hydrogen) atoms. The summed E-state index contributed by atoms with van der Waals surface area (Å²) in [7, 11) is 0. The molecule has 0 aliphatic carbocycles. The Hall–Kier alpha value is -3.28. The Bertz CT molecular complexity index is 891. The number of hydrazone groups is 1. The molecular weight excluding hydrogens is 292 g/mol. The average Bonchev–Trinajstić information content (AvgIpc) is 2.60. The fraction of sp³-hybridized carbons (Fsp3) is 0.0588. The van der Waals surface area contributed by atoms with Crippen LogP contribution in [0.3, 0.4) is 0 Å². The molecule has 0 saturated heterocycles. The molecule has 0 aliphatic rings. The van der Waals surface area contributed by atoms with Crippen LogP contribution in [0.5, 0.6) is 0 Å². The van der Waals surface area contributed by atoms with Gasteiger partial charge in [0, 0.05) is 11.6 Å². The van der Waals surface area contributed by atoms with E-state index < -0.39 is 0 Å². The van der Waals surface area contributed by atoms with Gasteiger partial charge in [-0.1, -0.05) is 30.3 Å². The Morgan fingerprint density at radius 1 is 1.13 bits per heavy atom. The van der Waals surface area contributed by atoms with Crippen molar-refractivity contribution in [3.8, 4) is 0 Å². The molecule has 0 bridgehead atoms. The summed E-state index contributed by atoms with van der Waals surface area (Å²) in [4.78, 5) is 16.3. The number of nitrogens with zero attached hydrogens (tertiary/aromatic N) is 3. The van der Waals surface area contributed by atoms with Crippen molar-refractivity contribution in [3.63, 3.8) is 0 Å². The third-order valence-corrected chi connectivity index (χ3v) is 3.33. The van der Waals surface area contributed by atoms with Crippen molar-refractivity contribution in [1.82, 2.24) is 10.4 Å². The molecule has 1 amide bonds. The highest BCUT2D eigenvalue weighted by atomic mass is 16.5. The molecular formula is C17H14N4O2. The second kappa shape index (κ2) is 6.23. The molecule has 0 radical (unpaired) electrons. The second-order valence-electron chi connectivity index (χ2n) is 4.94. The van der Waals surface area contributed by atoms with E-state index >= 15 is 0 Å². The van der Waals surface area contributed by atoms with Gasteiger partial charge in [0.1, 0.15) is 5.52 Å². The summed E-state index contributed by atoms with van der Waals surface area (Å²) < 4.78 is 0.746. The predicted molar refractivity (Wildman–Crippen MR) is 86.8 cm³/mol. The first-order valence-corrected chi connectivity index (χ1v) is 7.04. The molecule has 1 aromatic heterocycles. The second-order valence-corrected chi connectivity index (χ2v) is 4.94. The minimum Gasteiger partial charge on any atom is -0.618 e. The third-order valence-electron chi connectivity index (χ3n) is 3.33. The number of amides is 1. The smallest absolute Gasteiger partial charge is 0.271 e. The van der Waals surface area contributed by atoms with Crippen LogP contribution in [0.1, 0.15) is 23.0 Å². The molecule has 6 heteroatoms. The van der Waals surface area contributed by atoms with Gasteiger partial charge >= 0.3 is 0 Å². The van der Waals surface area contributed by atoms with Crippen LogP contribution in [0.25, 0.3) is 11.0 Å². The minimum absolute atomic E-state index is 0.319. The fourth-order valence-electron chi connectivity index (χ4n) is 2.10. The number of hydrogen-bond donors (Lipinski definition) is 1. The molecule has 6 nitrogen and oxygen atoms in total. The highest BCUT2D eigenvalue weighted by Gasteiger charge is 2.11. The molecule has 1 N–H and O–H groups in total. The van der Waals surface area contributed by atoms with Crippen molar-refractivity contribution in [2.75, 3.05) is 0 Å². The van der Waals surface area contributed by atoms with Gasteiger partial charge in [0.05, 0.1) is 5.71 Å². The summed E-state index contributed by atoms with van der Waals surface area (Å²) in [6.07, 6.45) is 1.34. The number of nitrogens with one attached hydrogen (secondary N) is 1. The predicted octanol–water partition coefficient (Wildman–Crippen LogP) is 2.02. The molecule has 3 rings (SSSR count). The van der Waals surface area contributed by atoms with Crippen LogP contribution in [0, 0.1) is 5.21 Å². The Balaban J connectivity index is 1.85. The lowest BCUT2D eigenvalue weighted by Gasteiger charge is -2.05. The van der Waals surface area contributed by atoms with Crippen LogP contribution in [0.15, 0.2) is 65.9 Å². The Kier molecular flexibility index (Phi) is 3.97. The van der Waals surface area contributed by atoms with E-state index in [-0.39, 0.29) is 5.91 Å². The van der Waals surface area contributed by atoms with Crippen LogP contribution < -0.4 is 10.2 Å². The van der Waals surface area contributed by atoms with Crippen LogP contribution in [0.2, 0.25) is 0 Å². The highest BCUT2D eigenvalue weighted by molar-refractivity contribution is 6.00. The monoisotopic (exact) mass is 306 g/mol. The summed E-state index contributed by atoms with van der Waals surface area (Å²) in [5.41, 5.74) is 4.89. The maximum Gasteiger partial charge on any atom is 0.271 e. The summed E-state index contributed by atoms with van der Waals surface area (Å²) in [5, 5.41) is 16.0. The summed E-state index contributed by atoms with van der Waals surface area (Å²) in [5.74, 6) is -0.319. The van der Waals surface area contributed by atoms with Gasteiger partial charge in [-0.25, -0.2) is 10.4 Å². The van der Waals surface area contributed by atoms with Gasteiger partial charge < -0.3 is 5.21 Å². The standard InChI is InChI=1S/C17H14N4O2/c1-12(19-20-17(22)13-7-3-2-4-8-13)15-11-21(23)16-10-6-5-9-14(16)18-15/h2-11H,1H3,(H,20,22)/b19-12+. The highest BCUT2D eigenvalue weighted by Crippen LogP contribution is 2.07. The average molecular weight is 306 g/mol. The lowest BCUT2D eigenvalue weighted by atomic mass is 10.2. The molecule has 0 unspecified atom stereocenters. The van der Waals surface area contributed by atoms with Gasteiger partial charge in [-0.15, -0.1) is 0 Å². The fourth-order valence-corrected chi connectivity index (χ4v) is 2.10. The summed E-state index contributed by atoms with van der Waals surface area (Å²) in [6, 6.07) is 15.8. The van der Waals surface area contributed by atoms with Gasteiger partial charge in [0.2, 0.25) is 11.7 Å². The van der Waals surface area contributed by atoms with Gasteiger partial charge in [-0.05, 0) is 25.1 Å². The van der Waals surface area contributed by atoms with Gasteiger partial charge in [0.25, 0.3) is 5.91 Å². The quantitative estimate of drug-likeness (QED) is 0.348. The number of aromatic nitrogens is 2. The first-order chi connectivity index (χ1) is 11.1. The van der Waals surface area contributed by atoms with Gasteiger partial charge in [0.15, 0.2) is 5.69 Å². The molecule has 0 aliphatic heterocycles. The Labute approximate surface area is 132 Å². The number of para-hydroxylation sites is 2. The zero-order valence-electron chi connectivity index (χ0n) is 12.4. The number of rotatable bonds is 3. The molecule has 2 aromatic carbocycles. The molecule has 3 aromatic rings. The van der Waals surface area contributed by atoms with Crippen molar-refractivity contribution >= 4 is 22.7 Å².